The average molecular weight is 595 g/mol. The number of imidazole rings is 1. The molecule has 2 aromatic carbocycles. The van der Waals surface area contributed by atoms with Crippen LogP contribution in [0.2, 0.25) is 0 Å². The van der Waals surface area contributed by atoms with Gasteiger partial charge in [-0.2, -0.15) is 0 Å². The number of benzene rings is 2. The van der Waals surface area contributed by atoms with E-state index in [1.54, 1.807) is 19.2 Å². The van der Waals surface area contributed by atoms with Crippen LogP contribution in [-0.2, 0) is 20.2 Å². The number of methoxy groups -OCH3 is 1. The molecule has 0 spiro atoms. The van der Waals surface area contributed by atoms with Gasteiger partial charge in [0.25, 0.3) is 5.91 Å². The monoisotopic (exact) mass is 594 g/mol. The zero-order valence-electron chi connectivity index (χ0n) is 24.8. The van der Waals surface area contributed by atoms with Gasteiger partial charge in [0.1, 0.15) is 22.7 Å². The molecule has 226 valence electrons. The summed E-state index contributed by atoms with van der Waals surface area (Å²) < 4.78 is 24.6. The van der Waals surface area contributed by atoms with Gasteiger partial charge in [-0.1, -0.05) is 12.1 Å². The van der Waals surface area contributed by atoms with Crippen molar-refractivity contribution in [3.63, 3.8) is 0 Å². The van der Waals surface area contributed by atoms with Gasteiger partial charge >= 0.3 is 0 Å². The first-order valence-electron chi connectivity index (χ1n) is 15.4. The van der Waals surface area contributed by atoms with Gasteiger partial charge in [-0.15, -0.1) is 0 Å². The zero-order chi connectivity index (χ0) is 30.3. The molecule has 0 radical (unpaired) electrons. The first kappa shape index (κ1) is 27.3. The van der Waals surface area contributed by atoms with Crippen molar-refractivity contribution in [3.05, 3.63) is 65.5 Å². The third-order valence-corrected chi connectivity index (χ3v) is 9.95. The highest BCUT2D eigenvalue weighted by Crippen LogP contribution is 2.40. The maximum Gasteiger partial charge on any atom is 0.254 e. The van der Waals surface area contributed by atoms with Gasteiger partial charge in [-0.3, -0.25) is 4.79 Å². The van der Waals surface area contributed by atoms with E-state index in [1.165, 1.54) is 6.07 Å². The Bertz CT molecular complexity index is 1960. The van der Waals surface area contributed by atoms with Crippen molar-refractivity contribution in [3.8, 4) is 28.5 Å². The third-order valence-electron chi connectivity index (χ3n) is 9.95. The normalized spacial score (nSPS) is 21.2. The SMILES string of the molecule is COc1cc(C(=O)N2CC3CCC2C3N)cc2nc(-c3cc4ccc(-c5ccc(CO)c(F)c5)nc4n3CC3CC3)n(C)c12. The summed E-state index contributed by atoms with van der Waals surface area (Å²) in [6.45, 7) is 1.15. The molecule has 10 heteroatoms. The molecule has 44 heavy (non-hydrogen) atoms. The Morgan fingerprint density at radius 3 is 2.61 bits per heavy atom. The minimum Gasteiger partial charge on any atom is -0.494 e. The number of amides is 1. The first-order chi connectivity index (χ1) is 21.3. The quantitative estimate of drug-likeness (QED) is 0.278. The van der Waals surface area contributed by atoms with Gasteiger partial charge in [-0.05, 0) is 73.9 Å². The molecule has 2 saturated carbocycles. The fraction of sp³-hybridized carbons (Fsp3) is 0.382. The van der Waals surface area contributed by atoms with Crippen LogP contribution >= 0.6 is 0 Å². The van der Waals surface area contributed by atoms with E-state index < -0.39 is 5.82 Å². The summed E-state index contributed by atoms with van der Waals surface area (Å²) in [7, 11) is 3.59. The number of nitrogens with zero attached hydrogens (tertiary/aromatic N) is 5. The van der Waals surface area contributed by atoms with Gasteiger partial charge in [0.15, 0.2) is 5.82 Å². The summed E-state index contributed by atoms with van der Waals surface area (Å²) in [5.74, 6) is 1.81. The average Bonchev–Trinajstić information content (AvgIpc) is 3.44. The molecule has 2 aliphatic carbocycles. The first-order valence-corrected chi connectivity index (χ1v) is 15.4. The van der Waals surface area contributed by atoms with Crippen molar-refractivity contribution in [2.45, 2.75) is 50.9 Å². The molecule has 3 aromatic heterocycles. The van der Waals surface area contributed by atoms with E-state index in [9.17, 15) is 14.3 Å². The molecule has 1 amide bonds. The predicted octanol–water partition coefficient (Wildman–Crippen LogP) is 4.87. The highest BCUT2D eigenvalue weighted by molar-refractivity contribution is 6.00. The maximum absolute atomic E-state index is 14.5. The van der Waals surface area contributed by atoms with Crippen LogP contribution in [0.1, 0.15) is 41.6 Å². The van der Waals surface area contributed by atoms with Crippen LogP contribution in [0.25, 0.3) is 44.8 Å². The van der Waals surface area contributed by atoms with E-state index in [-0.39, 0.29) is 30.2 Å². The minimum atomic E-state index is -0.451. The summed E-state index contributed by atoms with van der Waals surface area (Å²) in [4.78, 5) is 25.7. The lowest BCUT2D eigenvalue weighted by Crippen LogP contribution is -2.41. The Kier molecular flexibility index (Phi) is 6.29. The van der Waals surface area contributed by atoms with E-state index in [2.05, 4.69) is 10.6 Å². The van der Waals surface area contributed by atoms with E-state index in [0.717, 1.165) is 60.3 Å². The van der Waals surface area contributed by atoms with Crippen LogP contribution in [0.4, 0.5) is 4.39 Å². The standard InChI is InChI=1S/C34H35FN6O3/c1-39-31-26(12-23(14-29(31)44-2)34(43)41-16-21-8-10-27(41)30(21)36)38-33(39)28-13-20-7-9-25(19-5-6-22(17-42)24(35)11-19)37-32(20)40(28)15-18-3-4-18/h5-7,9,11-14,18,21,27,30,42H,3-4,8,10,15-17,36H2,1-2H3. The third kappa shape index (κ3) is 4.22. The molecule has 3 atom stereocenters. The van der Waals surface area contributed by atoms with Crippen LogP contribution in [0.15, 0.2) is 48.5 Å². The van der Waals surface area contributed by atoms with Gasteiger partial charge in [0, 0.05) is 54.3 Å². The molecular weight excluding hydrogens is 559 g/mol. The Morgan fingerprint density at radius 2 is 1.93 bits per heavy atom. The lowest BCUT2D eigenvalue weighted by Gasteiger charge is -2.27. The number of aromatic nitrogens is 4. The van der Waals surface area contributed by atoms with Crippen LogP contribution in [-0.4, -0.2) is 60.8 Å². The number of carbonyl (C=O) groups is 1. The Labute approximate surface area is 254 Å². The van der Waals surface area contributed by atoms with Gasteiger partial charge in [0.05, 0.1) is 30.6 Å². The Morgan fingerprint density at radius 1 is 1.09 bits per heavy atom. The highest BCUT2D eigenvalue weighted by Gasteiger charge is 2.47. The largest absolute Gasteiger partial charge is 0.494 e. The molecule has 2 bridgehead atoms. The number of aliphatic hydroxyl groups is 1. The summed E-state index contributed by atoms with van der Waals surface area (Å²) in [6, 6.07) is 14.6. The van der Waals surface area contributed by atoms with Crippen molar-refractivity contribution < 1.29 is 19.0 Å². The molecule has 4 heterocycles. The smallest absolute Gasteiger partial charge is 0.254 e. The van der Waals surface area contributed by atoms with E-state index in [1.807, 2.05) is 40.8 Å². The lowest BCUT2D eigenvalue weighted by atomic mass is 10.1. The summed E-state index contributed by atoms with van der Waals surface area (Å²) in [5, 5.41) is 10.4. The number of fused-ring (bicyclic) bond motifs is 4. The Hall–Kier alpha value is -4.28. The number of aryl methyl sites for hydroxylation is 1. The lowest BCUT2D eigenvalue weighted by molar-refractivity contribution is 0.0700. The molecule has 3 unspecified atom stereocenters. The molecule has 3 aliphatic rings. The number of carbonyl (C=O) groups excluding carboxylic acids is 1. The molecule has 9 nitrogen and oxygen atoms in total. The number of hydrogen-bond acceptors (Lipinski definition) is 6. The number of hydrogen-bond donors (Lipinski definition) is 2. The van der Waals surface area contributed by atoms with Crippen molar-refractivity contribution in [1.82, 2.24) is 24.0 Å². The van der Waals surface area contributed by atoms with E-state index >= 15 is 0 Å². The second kappa shape index (κ2) is 10.1. The molecule has 1 aliphatic heterocycles. The molecule has 3 fully saturated rings. The number of nitrogens with two attached hydrogens (primary N) is 1. The van der Waals surface area contributed by atoms with Gasteiger partial charge in [0.2, 0.25) is 0 Å². The second-order valence-electron chi connectivity index (χ2n) is 12.6. The van der Waals surface area contributed by atoms with Crippen LogP contribution in [0.5, 0.6) is 5.75 Å². The number of pyridine rings is 1. The summed E-state index contributed by atoms with van der Waals surface area (Å²) in [5.41, 5.74) is 11.8. The fourth-order valence-electron chi connectivity index (χ4n) is 7.32. The van der Waals surface area contributed by atoms with Crippen LogP contribution in [0, 0.1) is 17.7 Å². The minimum absolute atomic E-state index is 0.0249. The van der Waals surface area contributed by atoms with Crippen molar-refractivity contribution >= 4 is 28.0 Å². The molecule has 5 aromatic rings. The Balaban J connectivity index is 1.23. The number of halogens is 1. The summed E-state index contributed by atoms with van der Waals surface area (Å²) >= 11 is 0. The predicted molar refractivity (Wildman–Crippen MR) is 166 cm³/mol. The van der Waals surface area contributed by atoms with Crippen molar-refractivity contribution in [1.29, 1.82) is 0 Å². The topological polar surface area (TPSA) is 111 Å². The van der Waals surface area contributed by atoms with Crippen LogP contribution < -0.4 is 10.5 Å². The van der Waals surface area contributed by atoms with Crippen molar-refractivity contribution in [2.24, 2.45) is 24.6 Å². The fourth-order valence-corrected chi connectivity index (χ4v) is 7.32. The van der Waals surface area contributed by atoms with E-state index in [4.69, 9.17) is 20.4 Å². The number of likely N-dealkylation sites (tertiary alicyclic amines) is 1. The maximum atomic E-state index is 14.5. The molecular formula is C34H35FN6O3. The number of aliphatic hydroxyl groups excluding tert-OH is 1. The molecule has 3 N–H and O–H groups in total. The molecule has 8 rings (SSSR count). The van der Waals surface area contributed by atoms with Crippen molar-refractivity contribution in [2.75, 3.05) is 13.7 Å². The second-order valence-corrected chi connectivity index (χ2v) is 12.6. The highest BCUT2D eigenvalue weighted by atomic mass is 19.1. The zero-order valence-corrected chi connectivity index (χ0v) is 24.8. The van der Waals surface area contributed by atoms with E-state index in [0.29, 0.717) is 46.5 Å². The molecule has 1 saturated heterocycles. The van der Waals surface area contributed by atoms with Gasteiger partial charge in [-0.25, -0.2) is 14.4 Å². The number of rotatable bonds is 7. The number of ether oxygens (including phenoxy) is 1. The van der Waals surface area contributed by atoms with Gasteiger partial charge < -0.3 is 29.6 Å². The van der Waals surface area contributed by atoms with Crippen LogP contribution in [0.3, 0.4) is 0 Å². The number of piperidine rings is 1. The summed E-state index contributed by atoms with van der Waals surface area (Å²) in [6.07, 6.45) is 4.36.